The molecule has 0 spiro atoms. The minimum absolute atomic E-state index is 0.0317. The Labute approximate surface area is 168 Å². The lowest BCUT2D eigenvalue weighted by Gasteiger charge is -2.68. The standard InChI is InChI=1S/C25H45NO/c1-8-23(5,26)17-16-22(4)13-9-10-19-24(6)14-12-20(27)21(2,3)18(24)11-15-25(19,22)7/h9,13,18-20,27H,8,10-12,14-17,26H2,1-7H3/t18-,19+,20-,22-,23?,24-,25+/m0/s1. The summed E-state index contributed by atoms with van der Waals surface area (Å²) in [6.45, 7) is 16.7. The molecular weight excluding hydrogens is 330 g/mol. The molecular formula is C25H45NO. The van der Waals surface area contributed by atoms with E-state index in [0.29, 0.717) is 22.7 Å². The van der Waals surface area contributed by atoms with Gasteiger partial charge < -0.3 is 10.8 Å². The molecule has 2 fully saturated rings. The van der Waals surface area contributed by atoms with Gasteiger partial charge in [-0.05, 0) is 91.8 Å². The van der Waals surface area contributed by atoms with Gasteiger partial charge >= 0.3 is 0 Å². The molecule has 7 atom stereocenters. The molecule has 2 saturated carbocycles. The fourth-order valence-corrected chi connectivity index (χ4v) is 7.50. The van der Waals surface area contributed by atoms with Crippen molar-refractivity contribution in [3.63, 3.8) is 0 Å². The molecule has 0 radical (unpaired) electrons. The maximum absolute atomic E-state index is 10.7. The number of rotatable bonds is 4. The summed E-state index contributed by atoms with van der Waals surface area (Å²) < 4.78 is 0. The molecule has 0 aromatic heterocycles. The fourth-order valence-electron chi connectivity index (χ4n) is 7.50. The van der Waals surface area contributed by atoms with E-state index in [0.717, 1.165) is 19.3 Å². The van der Waals surface area contributed by atoms with Gasteiger partial charge in [0.05, 0.1) is 6.10 Å². The summed E-state index contributed by atoms with van der Waals surface area (Å²) in [6.07, 6.45) is 14.1. The molecule has 3 N–H and O–H groups in total. The number of fused-ring (bicyclic) bond motifs is 3. The highest BCUT2D eigenvalue weighted by molar-refractivity contribution is 5.20. The molecule has 0 aromatic rings. The summed E-state index contributed by atoms with van der Waals surface area (Å²) in [5.74, 6) is 1.33. The fraction of sp³-hybridized carbons (Fsp3) is 0.920. The molecule has 156 valence electrons. The minimum atomic E-state index is -0.145. The van der Waals surface area contributed by atoms with Crippen LogP contribution < -0.4 is 5.73 Å². The van der Waals surface area contributed by atoms with Crippen molar-refractivity contribution in [1.29, 1.82) is 0 Å². The number of allylic oxidation sites excluding steroid dienone is 2. The van der Waals surface area contributed by atoms with E-state index < -0.39 is 0 Å². The quantitative estimate of drug-likeness (QED) is 0.585. The lowest BCUT2D eigenvalue weighted by atomic mass is 9.37. The van der Waals surface area contributed by atoms with Crippen molar-refractivity contribution in [2.75, 3.05) is 0 Å². The summed E-state index contributed by atoms with van der Waals surface area (Å²) in [5, 5.41) is 10.7. The third-order valence-electron chi connectivity index (χ3n) is 10.2. The molecule has 0 heterocycles. The normalized spacial score (nSPS) is 48.4. The number of hydrogen-bond acceptors (Lipinski definition) is 2. The lowest BCUT2D eigenvalue weighted by molar-refractivity contribution is -0.193. The van der Waals surface area contributed by atoms with E-state index in [1.165, 1.54) is 32.1 Å². The Balaban J connectivity index is 1.93. The van der Waals surface area contributed by atoms with Crippen LogP contribution in [-0.2, 0) is 0 Å². The van der Waals surface area contributed by atoms with Gasteiger partial charge in [-0.1, -0.05) is 53.7 Å². The monoisotopic (exact) mass is 375 g/mol. The van der Waals surface area contributed by atoms with Crippen LogP contribution in [0.4, 0.5) is 0 Å². The van der Waals surface area contributed by atoms with E-state index in [2.05, 4.69) is 60.6 Å². The van der Waals surface area contributed by atoms with Gasteiger partial charge in [0.25, 0.3) is 0 Å². The molecule has 0 aromatic carbocycles. The number of aliphatic hydroxyl groups is 1. The molecule has 0 amide bonds. The van der Waals surface area contributed by atoms with E-state index in [-0.39, 0.29) is 22.5 Å². The van der Waals surface area contributed by atoms with Crippen molar-refractivity contribution in [2.45, 2.75) is 111 Å². The Hall–Kier alpha value is -0.340. The summed E-state index contributed by atoms with van der Waals surface area (Å²) >= 11 is 0. The lowest BCUT2D eigenvalue weighted by Crippen LogP contribution is -2.62. The van der Waals surface area contributed by atoms with Crippen LogP contribution in [0.25, 0.3) is 0 Å². The topological polar surface area (TPSA) is 46.2 Å². The van der Waals surface area contributed by atoms with Gasteiger partial charge in [0.15, 0.2) is 0 Å². The van der Waals surface area contributed by atoms with E-state index >= 15 is 0 Å². The highest BCUT2D eigenvalue weighted by Crippen LogP contribution is 2.70. The Morgan fingerprint density at radius 1 is 1.07 bits per heavy atom. The molecule has 0 aliphatic heterocycles. The predicted octanol–water partition coefficient (Wildman–Crippen LogP) is 6.08. The summed E-state index contributed by atoms with van der Waals surface area (Å²) in [5.41, 5.74) is 7.39. The maximum atomic E-state index is 10.7. The molecule has 27 heavy (non-hydrogen) atoms. The first kappa shape index (κ1) is 21.4. The molecule has 2 heteroatoms. The van der Waals surface area contributed by atoms with E-state index in [9.17, 15) is 5.11 Å². The van der Waals surface area contributed by atoms with E-state index in [1.807, 2.05) is 0 Å². The van der Waals surface area contributed by atoms with E-state index in [4.69, 9.17) is 5.73 Å². The van der Waals surface area contributed by atoms with Gasteiger partial charge in [-0.2, -0.15) is 0 Å². The van der Waals surface area contributed by atoms with Gasteiger partial charge in [0.1, 0.15) is 0 Å². The predicted molar refractivity (Wildman–Crippen MR) is 115 cm³/mol. The number of nitrogens with two attached hydrogens (primary N) is 1. The zero-order valence-corrected chi connectivity index (χ0v) is 19.1. The van der Waals surface area contributed by atoms with Crippen LogP contribution in [0, 0.1) is 33.5 Å². The van der Waals surface area contributed by atoms with Gasteiger partial charge in [-0.25, -0.2) is 0 Å². The number of aliphatic hydroxyl groups excluding tert-OH is 1. The van der Waals surface area contributed by atoms with Crippen molar-refractivity contribution in [3.8, 4) is 0 Å². The van der Waals surface area contributed by atoms with Gasteiger partial charge in [-0.3, -0.25) is 0 Å². The van der Waals surface area contributed by atoms with Crippen molar-refractivity contribution in [3.05, 3.63) is 12.2 Å². The molecule has 3 rings (SSSR count). The Morgan fingerprint density at radius 2 is 1.74 bits per heavy atom. The highest BCUT2D eigenvalue weighted by atomic mass is 16.3. The maximum Gasteiger partial charge on any atom is 0.0594 e. The second-order valence-electron chi connectivity index (χ2n) is 12.0. The van der Waals surface area contributed by atoms with Gasteiger partial charge in [0.2, 0.25) is 0 Å². The second-order valence-corrected chi connectivity index (χ2v) is 12.0. The van der Waals surface area contributed by atoms with Crippen molar-refractivity contribution >= 4 is 0 Å². The smallest absolute Gasteiger partial charge is 0.0594 e. The Kier molecular flexibility index (Phi) is 5.22. The summed E-state index contributed by atoms with van der Waals surface area (Å²) in [6, 6.07) is 0. The van der Waals surface area contributed by atoms with Gasteiger partial charge in [0, 0.05) is 5.54 Å². The Bertz CT molecular complexity index is 593. The van der Waals surface area contributed by atoms with Crippen molar-refractivity contribution in [1.82, 2.24) is 0 Å². The first-order chi connectivity index (χ1) is 12.3. The zero-order valence-electron chi connectivity index (χ0n) is 19.1. The van der Waals surface area contributed by atoms with Crippen LogP contribution in [0.1, 0.15) is 99.8 Å². The zero-order chi connectivity index (χ0) is 20.3. The van der Waals surface area contributed by atoms with Crippen molar-refractivity contribution in [2.24, 2.45) is 39.2 Å². The molecule has 1 unspecified atom stereocenters. The molecule has 3 aliphatic rings. The van der Waals surface area contributed by atoms with Gasteiger partial charge in [-0.15, -0.1) is 0 Å². The van der Waals surface area contributed by atoms with Crippen LogP contribution in [-0.4, -0.2) is 16.7 Å². The average Bonchev–Trinajstić information content (AvgIpc) is 2.59. The number of hydrogen-bond donors (Lipinski definition) is 2. The molecule has 3 aliphatic carbocycles. The van der Waals surface area contributed by atoms with Crippen LogP contribution >= 0.6 is 0 Å². The SMILES string of the molecule is CCC(C)(N)CC[C@]1(C)C=CC[C@@H]2[C@@]3(C)CC[C@H](O)C(C)(C)[C@@H]3CC[C@]21C. The van der Waals surface area contributed by atoms with Crippen LogP contribution in [0.2, 0.25) is 0 Å². The highest BCUT2D eigenvalue weighted by Gasteiger charge is 2.63. The molecule has 0 saturated heterocycles. The second kappa shape index (κ2) is 6.59. The first-order valence-electron chi connectivity index (χ1n) is 11.5. The third-order valence-corrected chi connectivity index (χ3v) is 10.2. The van der Waals surface area contributed by atoms with Crippen LogP contribution in [0.3, 0.4) is 0 Å². The third kappa shape index (κ3) is 3.14. The largest absolute Gasteiger partial charge is 0.393 e. The van der Waals surface area contributed by atoms with Crippen molar-refractivity contribution < 1.29 is 5.11 Å². The Morgan fingerprint density at radius 3 is 2.37 bits per heavy atom. The van der Waals surface area contributed by atoms with Crippen LogP contribution in [0.15, 0.2) is 12.2 Å². The van der Waals surface area contributed by atoms with E-state index in [1.54, 1.807) is 0 Å². The molecule has 2 nitrogen and oxygen atoms in total. The molecule has 0 bridgehead atoms. The minimum Gasteiger partial charge on any atom is -0.393 e. The first-order valence-corrected chi connectivity index (χ1v) is 11.5. The van der Waals surface area contributed by atoms with Crippen LogP contribution in [0.5, 0.6) is 0 Å². The summed E-state index contributed by atoms with van der Waals surface area (Å²) in [4.78, 5) is 0. The summed E-state index contributed by atoms with van der Waals surface area (Å²) in [7, 11) is 0. The average molecular weight is 376 g/mol.